The third-order valence-electron chi connectivity index (χ3n) is 11.1. The molecule has 4 amide bonds. The van der Waals surface area contributed by atoms with Crippen molar-refractivity contribution in [2.75, 3.05) is 4.90 Å². The van der Waals surface area contributed by atoms with Gasteiger partial charge in [-0.25, -0.2) is 4.90 Å². The van der Waals surface area contributed by atoms with Crippen molar-refractivity contribution in [3.8, 4) is 5.75 Å². The summed E-state index contributed by atoms with van der Waals surface area (Å²) >= 11 is 0. The highest BCUT2D eigenvalue weighted by Crippen LogP contribution is 2.64. The molecule has 7 nitrogen and oxygen atoms in total. The van der Waals surface area contributed by atoms with Crippen molar-refractivity contribution >= 4 is 29.3 Å². The number of phenols is 1. The highest BCUT2D eigenvalue weighted by atomic mass is 16.3. The lowest BCUT2D eigenvalue weighted by molar-refractivity contribution is -0.144. The van der Waals surface area contributed by atoms with Gasteiger partial charge in [0.15, 0.2) is 0 Å². The molecule has 0 aromatic heterocycles. The van der Waals surface area contributed by atoms with Gasteiger partial charge in [-0.2, -0.15) is 0 Å². The molecule has 2 aliphatic heterocycles. The number of likely N-dealkylation sites (tertiary alicyclic amines) is 1. The Balaban J connectivity index is 1.37. The van der Waals surface area contributed by atoms with Crippen LogP contribution in [0.1, 0.15) is 68.9 Å². The summed E-state index contributed by atoms with van der Waals surface area (Å²) in [6.45, 7) is 5.68. The number of rotatable bonds is 5. The summed E-state index contributed by atoms with van der Waals surface area (Å²) in [7, 11) is 0. The van der Waals surface area contributed by atoms with Gasteiger partial charge >= 0.3 is 0 Å². The first kappa shape index (κ1) is 27.8. The maximum absolute atomic E-state index is 14.5. The first-order valence-electron chi connectivity index (χ1n) is 15.7. The van der Waals surface area contributed by atoms with E-state index in [0.29, 0.717) is 36.1 Å². The van der Waals surface area contributed by atoms with Crippen molar-refractivity contribution in [1.29, 1.82) is 0 Å². The molecule has 6 unspecified atom stereocenters. The molecule has 3 aliphatic carbocycles. The Kier molecular flexibility index (Phi) is 6.67. The van der Waals surface area contributed by atoms with Gasteiger partial charge in [-0.05, 0) is 62.6 Å². The fourth-order valence-electron chi connectivity index (χ4n) is 9.07. The number of fused-ring (bicyclic) bond motifs is 4. The molecule has 4 fully saturated rings. The van der Waals surface area contributed by atoms with Crippen LogP contribution in [0.15, 0.2) is 72.8 Å². The molecule has 222 valence electrons. The summed E-state index contributed by atoms with van der Waals surface area (Å²) < 4.78 is 0. The van der Waals surface area contributed by atoms with Crippen LogP contribution >= 0.6 is 0 Å². The van der Waals surface area contributed by atoms with E-state index in [-0.39, 0.29) is 41.3 Å². The molecule has 0 bridgehead atoms. The van der Waals surface area contributed by atoms with E-state index in [2.05, 4.69) is 12.7 Å². The standard InChI is InChI=1S/C36H38N2O5/c1-3-11-21-12-10-17-26(31(21)39)30-24-18-19-25-29(34(42)37(32(25)40)22-13-6-4-7-14-22)27(24)20-28-33(41)38(35(43)36(28,30)2)23-15-8-5-9-16-23/h3,5,8-10,12,15-18,22,25,27-30,39H,1,4,6-7,11,13-14,19-20H2,2H3. The first-order valence-corrected chi connectivity index (χ1v) is 15.7. The molecular formula is C36H38N2O5. The minimum absolute atomic E-state index is 0.0599. The van der Waals surface area contributed by atoms with E-state index in [1.807, 2.05) is 31.2 Å². The third kappa shape index (κ3) is 3.93. The number of hydrogen-bond acceptors (Lipinski definition) is 5. The second kappa shape index (κ2) is 10.3. The van der Waals surface area contributed by atoms with Crippen LogP contribution in [0.25, 0.3) is 0 Å². The molecule has 2 aromatic carbocycles. The molecule has 2 saturated carbocycles. The van der Waals surface area contributed by atoms with Crippen molar-refractivity contribution in [1.82, 2.24) is 4.90 Å². The Morgan fingerprint density at radius 2 is 1.67 bits per heavy atom. The number of aromatic hydroxyl groups is 1. The molecule has 5 aliphatic rings. The molecule has 7 rings (SSSR count). The minimum Gasteiger partial charge on any atom is -0.507 e. The second-order valence-electron chi connectivity index (χ2n) is 13.2. The van der Waals surface area contributed by atoms with Crippen LogP contribution in [-0.4, -0.2) is 39.7 Å². The van der Waals surface area contributed by atoms with Crippen LogP contribution in [0.4, 0.5) is 5.69 Å². The third-order valence-corrected chi connectivity index (χ3v) is 11.1. The zero-order chi connectivity index (χ0) is 30.0. The molecule has 43 heavy (non-hydrogen) atoms. The summed E-state index contributed by atoms with van der Waals surface area (Å²) in [5.41, 5.74) is 1.51. The lowest BCUT2D eigenvalue weighted by Crippen LogP contribution is -2.49. The summed E-state index contributed by atoms with van der Waals surface area (Å²) in [6, 6.07) is 14.5. The predicted octanol–water partition coefficient (Wildman–Crippen LogP) is 5.68. The van der Waals surface area contributed by atoms with Gasteiger partial charge < -0.3 is 5.11 Å². The van der Waals surface area contributed by atoms with E-state index < -0.39 is 29.1 Å². The van der Waals surface area contributed by atoms with Crippen LogP contribution in [0.3, 0.4) is 0 Å². The molecule has 6 atom stereocenters. The van der Waals surface area contributed by atoms with E-state index in [1.165, 1.54) is 4.90 Å². The summed E-state index contributed by atoms with van der Waals surface area (Å²) in [5.74, 6) is -3.43. The van der Waals surface area contributed by atoms with Crippen LogP contribution in [-0.2, 0) is 25.6 Å². The average Bonchev–Trinajstić information content (AvgIpc) is 3.39. The maximum Gasteiger partial charge on any atom is 0.241 e. The number of amides is 4. The SMILES string of the molecule is C=CCc1cccc(C2C3=CCC4C(=O)N(C5CCCCC5)C(=O)C4C3CC3C(=O)N(c4ccccc4)C(=O)C32C)c1O. The van der Waals surface area contributed by atoms with Crippen molar-refractivity contribution in [2.45, 2.75) is 70.3 Å². The largest absolute Gasteiger partial charge is 0.507 e. The Labute approximate surface area is 252 Å². The highest BCUT2D eigenvalue weighted by molar-refractivity contribution is 6.24. The van der Waals surface area contributed by atoms with Crippen LogP contribution < -0.4 is 4.90 Å². The topological polar surface area (TPSA) is 95.0 Å². The molecular weight excluding hydrogens is 540 g/mol. The molecule has 0 radical (unpaired) electrons. The smallest absolute Gasteiger partial charge is 0.241 e. The van der Waals surface area contributed by atoms with Crippen LogP contribution in [0.5, 0.6) is 5.75 Å². The van der Waals surface area contributed by atoms with Crippen molar-refractivity contribution in [3.63, 3.8) is 0 Å². The highest BCUT2D eigenvalue weighted by Gasteiger charge is 2.68. The lowest BCUT2D eigenvalue weighted by Gasteiger charge is -2.49. The van der Waals surface area contributed by atoms with Crippen molar-refractivity contribution in [3.05, 3.63) is 84.0 Å². The first-order chi connectivity index (χ1) is 20.8. The van der Waals surface area contributed by atoms with Crippen LogP contribution in [0, 0.1) is 29.1 Å². The fraction of sp³-hybridized carbons (Fsp3) is 0.444. The zero-order valence-electron chi connectivity index (χ0n) is 24.6. The van der Waals surface area contributed by atoms with Gasteiger partial charge in [0.05, 0.1) is 28.9 Å². The number of allylic oxidation sites excluding steroid dienone is 3. The van der Waals surface area contributed by atoms with E-state index in [0.717, 1.165) is 37.7 Å². The number of anilines is 1. The number of benzene rings is 2. The maximum atomic E-state index is 14.5. The molecule has 2 aromatic rings. The van der Waals surface area contributed by atoms with Gasteiger partial charge in [0, 0.05) is 17.5 Å². The number of nitrogens with zero attached hydrogens (tertiary/aromatic N) is 2. The number of hydrogen-bond donors (Lipinski definition) is 1. The normalized spacial score (nSPS) is 32.4. The second-order valence-corrected chi connectivity index (χ2v) is 13.2. The molecule has 1 N–H and O–H groups in total. The predicted molar refractivity (Wildman–Crippen MR) is 162 cm³/mol. The van der Waals surface area contributed by atoms with E-state index in [9.17, 15) is 24.3 Å². The number of carbonyl (C=O) groups is 4. The Morgan fingerprint density at radius 1 is 0.930 bits per heavy atom. The minimum atomic E-state index is -1.18. The van der Waals surface area contributed by atoms with Crippen molar-refractivity contribution in [2.24, 2.45) is 29.1 Å². The quantitative estimate of drug-likeness (QED) is 0.364. The molecule has 0 spiro atoms. The van der Waals surface area contributed by atoms with Gasteiger partial charge in [0.25, 0.3) is 0 Å². The zero-order valence-corrected chi connectivity index (χ0v) is 24.6. The molecule has 7 heteroatoms. The monoisotopic (exact) mass is 578 g/mol. The lowest BCUT2D eigenvalue weighted by atomic mass is 9.51. The van der Waals surface area contributed by atoms with Crippen LogP contribution in [0.2, 0.25) is 0 Å². The summed E-state index contributed by atoms with van der Waals surface area (Å²) in [6.07, 6.45) is 9.79. The Bertz CT molecular complexity index is 1560. The number of imide groups is 2. The van der Waals surface area contributed by atoms with Gasteiger partial charge in [-0.15, -0.1) is 6.58 Å². The average molecular weight is 579 g/mol. The summed E-state index contributed by atoms with van der Waals surface area (Å²) in [4.78, 5) is 59.6. The summed E-state index contributed by atoms with van der Waals surface area (Å²) in [5, 5.41) is 11.6. The Hall–Kier alpha value is -4.00. The van der Waals surface area contributed by atoms with Gasteiger partial charge in [-0.3, -0.25) is 24.1 Å². The number of phenolic OH excluding ortho intramolecular Hbond substituents is 1. The van der Waals surface area contributed by atoms with E-state index in [4.69, 9.17) is 0 Å². The molecule has 2 saturated heterocycles. The van der Waals surface area contributed by atoms with Gasteiger partial charge in [0.2, 0.25) is 23.6 Å². The fourth-order valence-corrected chi connectivity index (χ4v) is 9.07. The van der Waals surface area contributed by atoms with Gasteiger partial charge in [0.1, 0.15) is 5.75 Å². The van der Waals surface area contributed by atoms with Gasteiger partial charge in [-0.1, -0.05) is 73.4 Å². The van der Waals surface area contributed by atoms with E-state index >= 15 is 0 Å². The van der Waals surface area contributed by atoms with E-state index in [1.54, 1.807) is 35.2 Å². The Morgan fingerprint density at radius 3 is 2.40 bits per heavy atom. The molecule has 2 heterocycles. The number of para-hydroxylation sites is 2. The van der Waals surface area contributed by atoms with Crippen molar-refractivity contribution < 1.29 is 24.3 Å². The number of carbonyl (C=O) groups excluding carboxylic acids is 4.